The van der Waals surface area contributed by atoms with E-state index in [1.807, 2.05) is 11.8 Å². The minimum absolute atomic E-state index is 0.139. The lowest BCUT2D eigenvalue weighted by Crippen LogP contribution is -2.55. The fraction of sp³-hybridized carbons (Fsp3) is 0.870. The van der Waals surface area contributed by atoms with Gasteiger partial charge in [-0.1, -0.05) is 0 Å². The number of likely N-dealkylation sites (tertiary alicyclic amines) is 3. The molecule has 1 aliphatic carbocycles. The van der Waals surface area contributed by atoms with E-state index in [-0.39, 0.29) is 12.1 Å². The molecule has 1 amide bonds. The zero-order chi connectivity index (χ0) is 22.0. The van der Waals surface area contributed by atoms with Crippen molar-refractivity contribution in [1.29, 1.82) is 5.41 Å². The van der Waals surface area contributed by atoms with Crippen LogP contribution in [0.5, 0.6) is 0 Å². The molecule has 8 heteroatoms. The third-order valence-corrected chi connectivity index (χ3v) is 8.06. The summed E-state index contributed by atoms with van der Waals surface area (Å²) >= 11 is 0. The number of amidine groups is 1. The molecule has 4 aliphatic rings. The number of amides is 1. The van der Waals surface area contributed by atoms with Crippen molar-refractivity contribution in [1.82, 2.24) is 14.7 Å². The van der Waals surface area contributed by atoms with Crippen LogP contribution in [0.4, 0.5) is 4.79 Å². The molecule has 8 nitrogen and oxygen atoms in total. The number of hydrogen-bond donors (Lipinski definition) is 1. The van der Waals surface area contributed by atoms with Gasteiger partial charge in [0.05, 0.1) is 6.61 Å². The van der Waals surface area contributed by atoms with E-state index in [4.69, 9.17) is 14.9 Å². The number of aliphatic imine (C=N–C) groups is 1. The Bertz CT molecular complexity index is 697. The fourth-order valence-electron chi connectivity index (χ4n) is 6.29. The number of piperidine rings is 1. The van der Waals surface area contributed by atoms with Crippen LogP contribution in [-0.4, -0.2) is 91.2 Å². The van der Waals surface area contributed by atoms with Gasteiger partial charge in [0.2, 0.25) is 0 Å². The van der Waals surface area contributed by atoms with Gasteiger partial charge in [0.1, 0.15) is 0 Å². The zero-order valence-corrected chi connectivity index (χ0v) is 19.4. The molecule has 3 saturated heterocycles. The predicted octanol–water partition coefficient (Wildman–Crippen LogP) is 3.17. The molecular weight excluding hydrogens is 394 g/mol. The van der Waals surface area contributed by atoms with Gasteiger partial charge in [0, 0.05) is 45.7 Å². The highest BCUT2D eigenvalue weighted by Gasteiger charge is 2.51. The van der Waals surface area contributed by atoms with E-state index in [9.17, 15) is 4.79 Å². The lowest BCUT2D eigenvalue weighted by molar-refractivity contribution is -0.0141. The van der Waals surface area contributed by atoms with Crippen LogP contribution in [0.15, 0.2) is 4.99 Å². The average molecular weight is 434 g/mol. The van der Waals surface area contributed by atoms with Crippen molar-refractivity contribution in [2.75, 3.05) is 46.4 Å². The van der Waals surface area contributed by atoms with Crippen LogP contribution < -0.4 is 0 Å². The second-order valence-electron chi connectivity index (χ2n) is 9.86. The Morgan fingerprint density at radius 2 is 1.90 bits per heavy atom. The van der Waals surface area contributed by atoms with Gasteiger partial charge >= 0.3 is 6.09 Å². The first-order valence-electron chi connectivity index (χ1n) is 12.1. The lowest BCUT2D eigenvalue weighted by atomic mass is 9.64. The molecule has 1 N–H and O–H groups in total. The molecule has 0 bridgehead atoms. The van der Waals surface area contributed by atoms with Gasteiger partial charge < -0.3 is 24.2 Å². The molecule has 1 spiro atoms. The number of ether oxygens (including phenoxy) is 2. The van der Waals surface area contributed by atoms with Crippen molar-refractivity contribution < 1.29 is 14.3 Å². The van der Waals surface area contributed by atoms with E-state index in [0.29, 0.717) is 35.9 Å². The Morgan fingerprint density at radius 3 is 2.58 bits per heavy atom. The molecule has 1 atom stereocenters. The third-order valence-electron chi connectivity index (χ3n) is 8.06. The third kappa shape index (κ3) is 4.69. The summed E-state index contributed by atoms with van der Waals surface area (Å²) in [5, 5.41) is 8.36. The lowest BCUT2D eigenvalue weighted by Gasteiger charge is -2.52. The van der Waals surface area contributed by atoms with Crippen LogP contribution in [-0.2, 0) is 9.47 Å². The standard InChI is InChI=1S/C23H39N5O3/c1-4-30-22(29)27-13-9-23(16-27)14-19(15-23)26-11-7-18(8-12-26)20-6-5-10-28(20)21(24)31-17(2)25-3/h18-20,24H,4-16H2,1-3H3/t19?,20-,23?/m0/s1. The Balaban J connectivity index is 1.23. The van der Waals surface area contributed by atoms with Crippen molar-refractivity contribution in [3.05, 3.63) is 0 Å². The highest BCUT2D eigenvalue weighted by molar-refractivity contribution is 5.87. The molecule has 4 fully saturated rings. The van der Waals surface area contributed by atoms with E-state index in [1.54, 1.807) is 14.0 Å². The minimum atomic E-state index is -0.139. The number of carbonyl (C=O) groups excluding carboxylic acids is 1. The number of nitrogens with zero attached hydrogens (tertiary/aromatic N) is 4. The van der Waals surface area contributed by atoms with E-state index in [0.717, 1.165) is 52.0 Å². The largest absolute Gasteiger partial charge is 0.450 e. The fourth-order valence-corrected chi connectivity index (χ4v) is 6.29. The monoisotopic (exact) mass is 433 g/mol. The highest BCUT2D eigenvalue weighted by Crippen LogP contribution is 2.51. The summed E-state index contributed by atoms with van der Waals surface area (Å²) in [5.41, 5.74) is 0.335. The van der Waals surface area contributed by atoms with Gasteiger partial charge in [-0.15, -0.1) is 0 Å². The number of carbonyl (C=O) groups is 1. The number of rotatable bonds is 3. The van der Waals surface area contributed by atoms with Crippen molar-refractivity contribution in [2.45, 2.75) is 70.9 Å². The van der Waals surface area contributed by atoms with Crippen LogP contribution in [0.25, 0.3) is 0 Å². The van der Waals surface area contributed by atoms with Crippen molar-refractivity contribution >= 4 is 18.0 Å². The van der Waals surface area contributed by atoms with Crippen molar-refractivity contribution in [3.63, 3.8) is 0 Å². The molecule has 0 aromatic heterocycles. The molecular formula is C23H39N5O3. The molecule has 3 heterocycles. The Hall–Kier alpha value is -1.83. The Morgan fingerprint density at radius 1 is 1.16 bits per heavy atom. The molecule has 31 heavy (non-hydrogen) atoms. The second kappa shape index (κ2) is 9.35. The van der Waals surface area contributed by atoms with Crippen LogP contribution in [0.2, 0.25) is 0 Å². The molecule has 0 aromatic rings. The van der Waals surface area contributed by atoms with Crippen LogP contribution >= 0.6 is 0 Å². The van der Waals surface area contributed by atoms with Gasteiger partial charge in [-0.05, 0) is 76.3 Å². The molecule has 1 saturated carbocycles. The Labute approximate surface area is 186 Å². The normalized spacial score (nSPS) is 32.4. The topological polar surface area (TPSA) is 81.5 Å². The number of nitrogens with one attached hydrogen (secondary N) is 1. The quantitative estimate of drug-likeness (QED) is 0.546. The summed E-state index contributed by atoms with van der Waals surface area (Å²) in [7, 11) is 1.70. The van der Waals surface area contributed by atoms with E-state index >= 15 is 0 Å². The van der Waals surface area contributed by atoms with Crippen LogP contribution in [0, 0.1) is 16.7 Å². The minimum Gasteiger partial charge on any atom is -0.450 e. The van der Waals surface area contributed by atoms with Crippen LogP contribution in [0.1, 0.15) is 58.8 Å². The molecule has 174 valence electrons. The molecule has 4 rings (SSSR count). The summed E-state index contributed by atoms with van der Waals surface area (Å²) in [4.78, 5) is 22.8. The van der Waals surface area contributed by atoms with Gasteiger partial charge in [0.15, 0.2) is 5.90 Å². The molecule has 0 unspecified atom stereocenters. The molecule has 3 aliphatic heterocycles. The summed E-state index contributed by atoms with van der Waals surface area (Å²) in [6.45, 7) is 9.08. The summed E-state index contributed by atoms with van der Waals surface area (Å²) < 4.78 is 10.8. The maximum absolute atomic E-state index is 12.0. The summed E-state index contributed by atoms with van der Waals surface area (Å²) in [5.74, 6) is 1.19. The van der Waals surface area contributed by atoms with Gasteiger partial charge in [-0.25, -0.2) is 4.79 Å². The van der Waals surface area contributed by atoms with E-state index in [2.05, 4.69) is 14.8 Å². The smallest absolute Gasteiger partial charge is 0.409 e. The van der Waals surface area contributed by atoms with Crippen molar-refractivity contribution in [2.24, 2.45) is 16.3 Å². The summed E-state index contributed by atoms with van der Waals surface area (Å²) in [6.07, 6.45) is 8.13. The first-order valence-corrected chi connectivity index (χ1v) is 12.1. The van der Waals surface area contributed by atoms with E-state index in [1.165, 1.54) is 25.7 Å². The highest BCUT2D eigenvalue weighted by atomic mass is 16.6. The Kier molecular flexibility index (Phi) is 6.74. The SMILES string of the molecule is CCOC(=O)N1CCC2(CC(N3CCC([C@@H]4CCCN4C(=N)OC(C)=NC)CC3)C2)C1. The van der Waals surface area contributed by atoms with E-state index < -0.39 is 0 Å². The first kappa shape index (κ1) is 22.4. The second-order valence-corrected chi connectivity index (χ2v) is 9.86. The average Bonchev–Trinajstić information content (AvgIpc) is 3.41. The predicted molar refractivity (Wildman–Crippen MR) is 121 cm³/mol. The maximum atomic E-state index is 12.0. The van der Waals surface area contributed by atoms with Crippen LogP contribution in [0.3, 0.4) is 0 Å². The maximum Gasteiger partial charge on any atom is 0.409 e. The number of hydrogen-bond acceptors (Lipinski definition) is 6. The zero-order valence-electron chi connectivity index (χ0n) is 19.4. The molecule has 0 aromatic carbocycles. The first-order chi connectivity index (χ1) is 14.9. The van der Waals surface area contributed by atoms with Gasteiger partial charge in [0.25, 0.3) is 6.02 Å². The van der Waals surface area contributed by atoms with Crippen molar-refractivity contribution in [3.8, 4) is 0 Å². The van der Waals surface area contributed by atoms with Gasteiger partial charge in [-0.3, -0.25) is 10.4 Å². The summed E-state index contributed by atoms with van der Waals surface area (Å²) in [6, 6.07) is 1.37. The molecule has 0 radical (unpaired) electrons. The van der Waals surface area contributed by atoms with Gasteiger partial charge in [-0.2, -0.15) is 0 Å².